The molecule has 0 unspecified atom stereocenters. The number of nitrogens with zero attached hydrogens (tertiary/aromatic N) is 1. The van der Waals surface area contributed by atoms with E-state index in [0.29, 0.717) is 43.8 Å². The number of carboxylic acids is 1. The molecule has 1 aromatic carbocycles. The molecule has 142 valence electrons. The van der Waals surface area contributed by atoms with Gasteiger partial charge in [-0.3, -0.25) is 4.79 Å². The van der Waals surface area contributed by atoms with E-state index in [1.165, 1.54) is 23.5 Å². The van der Waals surface area contributed by atoms with Gasteiger partial charge in [-0.15, -0.1) is 11.3 Å². The molecule has 0 aliphatic carbocycles. The molecule has 2 aliphatic rings. The van der Waals surface area contributed by atoms with Crippen molar-refractivity contribution in [2.75, 3.05) is 19.7 Å². The smallest absolute Gasteiger partial charge is 0.345 e. The minimum absolute atomic E-state index is 0.155. The van der Waals surface area contributed by atoms with Crippen LogP contribution in [0.3, 0.4) is 0 Å². The van der Waals surface area contributed by atoms with Crippen molar-refractivity contribution in [2.45, 2.75) is 24.9 Å². The molecule has 1 amide bonds. The molecule has 8 heteroatoms. The number of likely N-dealkylation sites (tertiary alicyclic amines) is 1. The molecule has 1 N–H and O–H groups in total. The summed E-state index contributed by atoms with van der Waals surface area (Å²) < 4.78 is 19.6. The highest BCUT2D eigenvalue weighted by atomic mass is 35.5. The lowest BCUT2D eigenvalue weighted by atomic mass is 9.85. The highest BCUT2D eigenvalue weighted by Crippen LogP contribution is 2.45. The van der Waals surface area contributed by atoms with Gasteiger partial charge in [0.1, 0.15) is 16.3 Å². The van der Waals surface area contributed by atoms with Crippen LogP contribution in [0, 0.1) is 5.82 Å². The largest absolute Gasteiger partial charge is 0.477 e. The first-order chi connectivity index (χ1) is 12.9. The molecule has 0 saturated carbocycles. The number of halogens is 2. The Morgan fingerprint density at radius 2 is 2.00 bits per heavy atom. The number of piperidine rings is 1. The second kappa shape index (κ2) is 6.89. The number of hydrogen-bond donors (Lipinski definition) is 1. The van der Waals surface area contributed by atoms with E-state index in [-0.39, 0.29) is 16.5 Å². The SMILES string of the molecule is O=C(O)c1cc2c(s1)C1(CCN(C(=O)c3cc(F)ccc3Cl)CC1)OCC2. The molecule has 0 radical (unpaired) electrons. The third-order valence-corrected chi connectivity index (χ3v) is 6.88. The number of ether oxygens (including phenoxy) is 1. The zero-order chi connectivity index (χ0) is 19.2. The lowest BCUT2D eigenvalue weighted by Crippen LogP contribution is -2.48. The van der Waals surface area contributed by atoms with Crippen LogP contribution >= 0.6 is 22.9 Å². The molecule has 0 bridgehead atoms. The molecule has 1 fully saturated rings. The minimum atomic E-state index is -0.932. The van der Waals surface area contributed by atoms with E-state index in [1.807, 2.05) is 0 Å². The fraction of sp³-hybridized carbons (Fsp3) is 0.368. The van der Waals surface area contributed by atoms with Gasteiger partial charge in [0.05, 0.1) is 17.2 Å². The van der Waals surface area contributed by atoms with Crippen LogP contribution in [0.15, 0.2) is 24.3 Å². The van der Waals surface area contributed by atoms with Gasteiger partial charge in [0.15, 0.2) is 0 Å². The Balaban J connectivity index is 1.55. The molecule has 1 saturated heterocycles. The molecule has 0 atom stereocenters. The minimum Gasteiger partial charge on any atom is -0.477 e. The normalized spacial score (nSPS) is 18.4. The third-order valence-electron chi connectivity index (χ3n) is 5.20. The Bertz CT molecular complexity index is 920. The number of rotatable bonds is 2. The summed E-state index contributed by atoms with van der Waals surface area (Å²) in [4.78, 5) is 27.0. The van der Waals surface area contributed by atoms with E-state index in [2.05, 4.69) is 0 Å². The summed E-state index contributed by atoms with van der Waals surface area (Å²) in [5.41, 5.74) is 0.632. The highest BCUT2D eigenvalue weighted by molar-refractivity contribution is 7.14. The van der Waals surface area contributed by atoms with Gasteiger partial charge in [-0.05, 0) is 49.1 Å². The summed E-state index contributed by atoms with van der Waals surface area (Å²) in [6, 6.07) is 5.49. The molecule has 4 rings (SSSR count). The molecular formula is C19H17ClFNO4S. The zero-order valence-corrected chi connectivity index (χ0v) is 15.9. The topological polar surface area (TPSA) is 66.8 Å². The predicted molar refractivity (Wildman–Crippen MR) is 99.2 cm³/mol. The number of hydrogen-bond acceptors (Lipinski definition) is 4. The van der Waals surface area contributed by atoms with Crippen LogP contribution in [0.2, 0.25) is 5.02 Å². The molecule has 1 spiro atoms. The number of aromatic carboxylic acids is 1. The molecule has 27 heavy (non-hydrogen) atoms. The number of thiophene rings is 1. The Morgan fingerprint density at radius 3 is 2.70 bits per heavy atom. The first kappa shape index (κ1) is 18.4. The van der Waals surface area contributed by atoms with Crippen LogP contribution in [0.25, 0.3) is 0 Å². The molecule has 1 aromatic heterocycles. The Hall–Kier alpha value is -1.96. The van der Waals surface area contributed by atoms with E-state index < -0.39 is 17.4 Å². The van der Waals surface area contributed by atoms with Crippen LogP contribution in [-0.2, 0) is 16.8 Å². The summed E-state index contributed by atoms with van der Waals surface area (Å²) in [5.74, 6) is -1.74. The predicted octanol–water partition coefficient (Wildman–Crippen LogP) is 3.94. The van der Waals surface area contributed by atoms with Crippen LogP contribution in [0.5, 0.6) is 0 Å². The van der Waals surface area contributed by atoms with Gasteiger partial charge in [0.2, 0.25) is 0 Å². The molecule has 5 nitrogen and oxygen atoms in total. The monoisotopic (exact) mass is 409 g/mol. The van der Waals surface area contributed by atoms with E-state index in [0.717, 1.165) is 16.5 Å². The fourth-order valence-electron chi connectivity index (χ4n) is 3.80. The Kier molecular flexibility index (Phi) is 4.70. The van der Waals surface area contributed by atoms with Gasteiger partial charge in [-0.2, -0.15) is 0 Å². The summed E-state index contributed by atoms with van der Waals surface area (Å²) in [6.07, 6.45) is 1.83. The van der Waals surface area contributed by atoms with Gasteiger partial charge in [0, 0.05) is 18.0 Å². The Labute approximate surface area is 164 Å². The molecule has 2 aromatic rings. The van der Waals surface area contributed by atoms with Crippen molar-refractivity contribution in [1.29, 1.82) is 0 Å². The van der Waals surface area contributed by atoms with Crippen molar-refractivity contribution in [1.82, 2.24) is 4.90 Å². The molecular weight excluding hydrogens is 393 g/mol. The van der Waals surface area contributed by atoms with Gasteiger partial charge < -0.3 is 14.7 Å². The number of carboxylic acid groups (broad SMARTS) is 1. The van der Waals surface area contributed by atoms with Crippen LogP contribution < -0.4 is 0 Å². The maximum absolute atomic E-state index is 13.5. The lowest BCUT2D eigenvalue weighted by Gasteiger charge is -2.43. The number of benzene rings is 1. The van der Waals surface area contributed by atoms with Gasteiger partial charge in [0.25, 0.3) is 5.91 Å². The third kappa shape index (κ3) is 3.24. The standard InChI is InChI=1S/C19H17ClFNO4S/c20-14-2-1-12(21)10-13(14)17(23)22-6-4-19(5-7-22)16-11(3-8-26-19)9-15(27-16)18(24)25/h1-2,9-10H,3-8H2,(H,24,25). The maximum atomic E-state index is 13.5. The van der Waals surface area contributed by atoms with Crippen molar-refractivity contribution < 1.29 is 23.8 Å². The molecule has 3 heterocycles. The second-order valence-electron chi connectivity index (χ2n) is 6.78. The second-order valence-corrected chi connectivity index (χ2v) is 8.24. The van der Waals surface area contributed by atoms with E-state index >= 15 is 0 Å². The average Bonchev–Trinajstić information content (AvgIpc) is 3.10. The average molecular weight is 410 g/mol. The summed E-state index contributed by atoms with van der Waals surface area (Å²) in [5, 5.41) is 9.51. The summed E-state index contributed by atoms with van der Waals surface area (Å²) in [6.45, 7) is 1.41. The van der Waals surface area contributed by atoms with Crippen LogP contribution in [0.4, 0.5) is 4.39 Å². The van der Waals surface area contributed by atoms with E-state index in [1.54, 1.807) is 11.0 Å². The number of amides is 1. The van der Waals surface area contributed by atoms with E-state index in [4.69, 9.17) is 16.3 Å². The van der Waals surface area contributed by atoms with Crippen molar-refractivity contribution in [3.05, 3.63) is 56.0 Å². The van der Waals surface area contributed by atoms with Crippen molar-refractivity contribution >= 4 is 34.8 Å². The first-order valence-corrected chi connectivity index (χ1v) is 9.84. The Morgan fingerprint density at radius 1 is 1.26 bits per heavy atom. The van der Waals surface area contributed by atoms with Gasteiger partial charge >= 0.3 is 5.97 Å². The van der Waals surface area contributed by atoms with Crippen molar-refractivity contribution in [3.63, 3.8) is 0 Å². The van der Waals surface area contributed by atoms with Gasteiger partial charge in [-0.1, -0.05) is 11.6 Å². The van der Waals surface area contributed by atoms with Crippen molar-refractivity contribution in [2.24, 2.45) is 0 Å². The van der Waals surface area contributed by atoms with Gasteiger partial charge in [-0.25, -0.2) is 9.18 Å². The van der Waals surface area contributed by atoms with E-state index in [9.17, 15) is 19.1 Å². The zero-order valence-electron chi connectivity index (χ0n) is 14.3. The summed E-state index contributed by atoms with van der Waals surface area (Å²) >= 11 is 7.32. The first-order valence-electron chi connectivity index (χ1n) is 8.64. The van der Waals surface area contributed by atoms with Crippen LogP contribution in [0.1, 0.15) is 43.3 Å². The molecule has 2 aliphatic heterocycles. The fourth-order valence-corrected chi connectivity index (χ4v) is 5.25. The quantitative estimate of drug-likeness (QED) is 0.815. The number of carbonyl (C=O) groups is 2. The number of carbonyl (C=O) groups excluding carboxylic acids is 1. The summed E-state index contributed by atoms with van der Waals surface area (Å²) in [7, 11) is 0. The number of fused-ring (bicyclic) bond motifs is 2. The van der Waals surface area contributed by atoms with Crippen molar-refractivity contribution in [3.8, 4) is 0 Å². The lowest BCUT2D eigenvalue weighted by molar-refractivity contribution is -0.0906. The van der Waals surface area contributed by atoms with Crippen LogP contribution in [-0.4, -0.2) is 41.6 Å². The highest BCUT2D eigenvalue weighted by Gasteiger charge is 2.43. The maximum Gasteiger partial charge on any atom is 0.345 e.